The molecule has 0 saturated carbocycles. The highest BCUT2D eigenvalue weighted by Gasteiger charge is 2.09. The molecule has 0 spiro atoms. The summed E-state index contributed by atoms with van der Waals surface area (Å²) >= 11 is 0. The molecular formula is C9H13N3O2. The second kappa shape index (κ2) is 4.04. The van der Waals surface area contributed by atoms with Crippen LogP contribution in [0.3, 0.4) is 0 Å². The maximum Gasteiger partial charge on any atom is 0.287 e. The highest BCUT2D eigenvalue weighted by molar-refractivity contribution is 5.48. The largest absolute Gasteiger partial charge is 0.368 e. The highest BCUT2D eigenvalue weighted by Crippen LogP contribution is 2.18. The second-order valence-electron chi connectivity index (χ2n) is 3.42. The average Bonchev–Trinajstić information content (AvgIpc) is 2.07. The van der Waals surface area contributed by atoms with Gasteiger partial charge < -0.3 is 5.32 Å². The van der Waals surface area contributed by atoms with E-state index in [1.165, 1.54) is 12.3 Å². The van der Waals surface area contributed by atoms with Crippen LogP contribution < -0.4 is 5.32 Å². The Labute approximate surface area is 82.3 Å². The summed E-state index contributed by atoms with van der Waals surface area (Å²) in [6.07, 6.45) is 1.26. The number of aryl methyl sites for hydroxylation is 1. The smallest absolute Gasteiger partial charge is 0.287 e. The molecule has 0 fully saturated rings. The third-order valence-electron chi connectivity index (χ3n) is 1.70. The van der Waals surface area contributed by atoms with E-state index in [2.05, 4.69) is 10.3 Å². The summed E-state index contributed by atoms with van der Waals surface area (Å²) in [4.78, 5) is 14.0. The molecule has 0 amide bonds. The first-order valence-electron chi connectivity index (χ1n) is 4.38. The van der Waals surface area contributed by atoms with Crippen LogP contribution >= 0.6 is 0 Å². The van der Waals surface area contributed by atoms with E-state index in [0.717, 1.165) is 5.56 Å². The molecule has 76 valence electrons. The van der Waals surface area contributed by atoms with E-state index in [1.54, 1.807) is 6.92 Å². The van der Waals surface area contributed by atoms with Gasteiger partial charge >= 0.3 is 0 Å². The number of hydrogen-bond donors (Lipinski definition) is 1. The summed E-state index contributed by atoms with van der Waals surface area (Å²) < 4.78 is 0. The molecule has 0 aromatic carbocycles. The minimum absolute atomic E-state index is 0.0248. The predicted octanol–water partition coefficient (Wildman–Crippen LogP) is 2.12. The minimum Gasteiger partial charge on any atom is -0.368 e. The molecule has 0 aliphatic rings. The van der Waals surface area contributed by atoms with Gasteiger partial charge in [0, 0.05) is 12.1 Å². The Bertz CT molecular complexity index is 350. The van der Waals surface area contributed by atoms with Crippen molar-refractivity contribution in [2.75, 3.05) is 5.32 Å². The van der Waals surface area contributed by atoms with Crippen molar-refractivity contribution in [3.63, 3.8) is 0 Å². The third-order valence-corrected chi connectivity index (χ3v) is 1.70. The van der Waals surface area contributed by atoms with Gasteiger partial charge in [-0.1, -0.05) is 0 Å². The van der Waals surface area contributed by atoms with Gasteiger partial charge in [-0.05, 0) is 26.3 Å². The number of nitrogens with one attached hydrogen (secondary N) is 1. The Hall–Kier alpha value is -1.65. The van der Waals surface area contributed by atoms with Crippen molar-refractivity contribution >= 4 is 11.5 Å². The third kappa shape index (κ3) is 2.42. The lowest BCUT2D eigenvalue weighted by Crippen LogP contribution is -2.12. The van der Waals surface area contributed by atoms with E-state index >= 15 is 0 Å². The summed E-state index contributed by atoms with van der Waals surface area (Å²) in [5.74, 6) is 0.700. The maximum absolute atomic E-state index is 10.4. The summed E-state index contributed by atoms with van der Waals surface area (Å²) in [5.41, 5.74) is 0.810. The molecule has 1 aromatic heterocycles. The standard InChI is InChI=1S/C9H13N3O2/c1-6(2)11-9-7(3)4-8(5-10-9)12(13)14/h4-6H,1-3H3,(H,10,11). The highest BCUT2D eigenvalue weighted by atomic mass is 16.6. The van der Waals surface area contributed by atoms with Crippen LogP contribution in [-0.4, -0.2) is 15.9 Å². The lowest BCUT2D eigenvalue weighted by molar-refractivity contribution is -0.385. The molecule has 0 radical (unpaired) electrons. The van der Waals surface area contributed by atoms with Crippen LogP contribution in [-0.2, 0) is 0 Å². The van der Waals surface area contributed by atoms with Crippen LogP contribution in [0.2, 0.25) is 0 Å². The zero-order valence-electron chi connectivity index (χ0n) is 8.44. The van der Waals surface area contributed by atoms with Crippen molar-refractivity contribution in [3.8, 4) is 0 Å². The van der Waals surface area contributed by atoms with Crippen LogP contribution in [0.25, 0.3) is 0 Å². The average molecular weight is 195 g/mol. The molecule has 1 N–H and O–H groups in total. The van der Waals surface area contributed by atoms with Gasteiger partial charge in [0.1, 0.15) is 12.0 Å². The molecule has 0 saturated heterocycles. The van der Waals surface area contributed by atoms with E-state index in [4.69, 9.17) is 0 Å². The fourth-order valence-corrected chi connectivity index (χ4v) is 1.08. The molecule has 1 heterocycles. The molecule has 0 unspecified atom stereocenters. The normalized spacial score (nSPS) is 10.3. The Balaban J connectivity index is 2.95. The monoisotopic (exact) mass is 195 g/mol. The van der Waals surface area contributed by atoms with Gasteiger partial charge in [0.25, 0.3) is 5.69 Å². The summed E-state index contributed by atoms with van der Waals surface area (Å²) in [6.45, 7) is 5.77. The molecular weight excluding hydrogens is 182 g/mol. The molecule has 1 rings (SSSR count). The van der Waals surface area contributed by atoms with Crippen LogP contribution in [0.15, 0.2) is 12.3 Å². The van der Waals surface area contributed by atoms with Crippen molar-refractivity contribution in [1.82, 2.24) is 4.98 Å². The van der Waals surface area contributed by atoms with E-state index in [-0.39, 0.29) is 11.7 Å². The predicted molar refractivity (Wildman–Crippen MR) is 54.4 cm³/mol. The van der Waals surface area contributed by atoms with E-state index in [1.807, 2.05) is 13.8 Å². The fraction of sp³-hybridized carbons (Fsp3) is 0.444. The van der Waals surface area contributed by atoms with Crippen LogP contribution in [0.1, 0.15) is 19.4 Å². The quantitative estimate of drug-likeness (QED) is 0.592. The number of nitrogens with zero attached hydrogens (tertiary/aromatic N) is 2. The van der Waals surface area contributed by atoms with Crippen molar-refractivity contribution in [1.29, 1.82) is 0 Å². The van der Waals surface area contributed by atoms with Gasteiger partial charge in [-0.3, -0.25) is 10.1 Å². The fourth-order valence-electron chi connectivity index (χ4n) is 1.08. The lowest BCUT2D eigenvalue weighted by Gasteiger charge is -2.10. The molecule has 5 nitrogen and oxygen atoms in total. The summed E-state index contributed by atoms with van der Waals surface area (Å²) in [7, 11) is 0. The number of hydrogen-bond acceptors (Lipinski definition) is 4. The Morgan fingerprint density at radius 1 is 1.57 bits per heavy atom. The minimum atomic E-state index is -0.445. The van der Waals surface area contributed by atoms with Crippen molar-refractivity contribution in [3.05, 3.63) is 27.9 Å². The first-order valence-corrected chi connectivity index (χ1v) is 4.38. The first kappa shape index (κ1) is 10.4. The Morgan fingerprint density at radius 2 is 2.21 bits per heavy atom. The molecule has 1 aromatic rings. The number of aromatic nitrogens is 1. The first-order chi connectivity index (χ1) is 6.50. The number of anilines is 1. The number of nitro groups is 1. The molecule has 0 bridgehead atoms. The number of pyridine rings is 1. The van der Waals surface area contributed by atoms with Crippen LogP contribution in [0, 0.1) is 17.0 Å². The van der Waals surface area contributed by atoms with Crippen molar-refractivity contribution in [2.45, 2.75) is 26.8 Å². The summed E-state index contributed by atoms with van der Waals surface area (Å²) in [6, 6.07) is 1.78. The van der Waals surface area contributed by atoms with Gasteiger partial charge in [-0.15, -0.1) is 0 Å². The molecule has 5 heteroatoms. The lowest BCUT2D eigenvalue weighted by atomic mass is 10.2. The molecule has 0 atom stereocenters. The van der Waals surface area contributed by atoms with Crippen molar-refractivity contribution < 1.29 is 4.92 Å². The van der Waals surface area contributed by atoms with E-state index < -0.39 is 4.92 Å². The molecule has 14 heavy (non-hydrogen) atoms. The Kier molecular flexibility index (Phi) is 3.01. The maximum atomic E-state index is 10.4. The summed E-state index contributed by atoms with van der Waals surface area (Å²) in [5, 5.41) is 13.5. The van der Waals surface area contributed by atoms with E-state index in [9.17, 15) is 10.1 Å². The second-order valence-corrected chi connectivity index (χ2v) is 3.42. The molecule has 0 aliphatic carbocycles. The van der Waals surface area contributed by atoms with Gasteiger partial charge in [-0.2, -0.15) is 0 Å². The van der Waals surface area contributed by atoms with E-state index in [0.29, 0.717) is 5.82 Å². The zero-order chi connectivity index (χ0) is 10.7. The SMILES string of the molecule is Cc1cc([N+](=O)[O-])cnc1NC(C)C. The van der Waals surface area contributed by atoms with Gasteiger partial charge in [0.2, 0.25) is 0 Å². The Morgan fingerprint density at radius 3 is 2.64 bits per heavy atom. The molecule has 0 aliphatic heterocycles. The van der Waals surface area contributed by atoms with Gasteiger partial charge in [0.15, 0.2) is 0 Å². The van der Waals surface area contributed by atoms with Crippen LogP contribution in [0.4, 0.5) is 11.5 Å². The van der Waals surface area contributed by atoms with Crippen molar-refractivity contribution in [2.24, 2.45) is 0 Å². The van der Waals surface area contributed by atoms with Crippen LogP contribution in [0.5, 0.6) is 0 Å². The number of rotatable bonds is 3. The van der Waals surface area contributed by atoms with Gasteiger partial charge in [-0.25, -0.2) is 4.98 Å². The van der Waals surface area contributed by atoms with Gasteiger partial charge in [0.05, 0.1) is 4.92 Å². The zero-order valence-corrected chi connectivity index (χ0v) is 8.44. The topological polar surface area (TPSA) is 68.1 Å².